The van der Waals surface area contributed by atoms with Crippen molar-refractivity contribution < 1.29 is 4.74 Å². The quantitative estimate of drug-likeness (QED) is 0.648. The molecule has 0 aliphatic carbocycles. The van der Waals surface area contributed by atoms with Gasteiger partial charge in [0.25, 0.3) is 0 Å². The van der Waals surface area contributed by atoms with Gasteiger partial charge in [0.2, 0.25) is 0 Å². The van der Waals surface area contributed by atoms with E-state index in [2.05, 4.69) is 29.4 Å². The lowest BCUT2D eigenvalue weighted by atomic mass is 10.0. The molecule has 0 bridgehead atoms. The number of rotatable bonds is 10. The summed E-state index contributed by atoms with van der Waals surface area (Å²) in [6.07, 6.45) is 7.57. The first kappa shape index (κ1) is 15.1. The minimum atomic E-state index is 0.585. The number of hydrogen-bond acceptors (Lipinski definition) is 3. The molecule has 0 aliphatic rings. The molecule has 0 aliphatic heterocycles. The monoisotopic (exact) mass is 250 g/mol. The Bertz CT molecular complexity index is 290. The SMILES string of the molecule is CCCNC(CCCOC)CCc1ccccn1. The van der Waals surface area contributed by atoms with Crippen LogP contribution in [-0.2, 0) is 11.2 Å². The topological polar surface area (TPSA) is 34.1 Å². The Morgan fingerprint density at radius 2 is 2.22 bits per heavy atom. The van der Waals surface area contributed by atoms with Crippen LogP contribution in [0.25, 0.3) is 0 Å². The first-order valence-corrected chi connectivity index (χ1v) is 6.99. The first-order chi connectivity index (χ1) is 8.86. The van der Waals surface area contributed by atoms with E-state index in [0.29, 0.717) is 6.04 Å². The molecule has 1 unspecified atom stereocenters. The van der Waals surface area contributed by atoms with E-state index in [4.69, 9.17) is 4.74 Å². The van der Waals surface area contributed by atoms with E-state index >= 15 is 0 Å². The highest BCUT2D eigenvalue weighted by Gasteiger charge is 2.08. The third-order valence-corrected chi connectivity index (χ3v) is 3.06. The van der Waals surface area contributed by atoms with Crippen LogP contribution in [0.2, 0.25) is 0 Å². The van der Waals surface area contributed by atoms with Crippen LogP contribution in [0.4, 0.5) is 0 Å². The van der Waals surface area contributed by atoms with E-state index in [-0.39, 0.29) is 0 Å². The summed E-state index contributed by atoms with van der Waals surface area (Å²) in [5.41, 5.74) is 1.19. The van der Waals surface area contributed by atoms with E-state index in [0.717, 1.165) is 32.4 Å². The van der Waals surface area contributed by atoms with E-state index in [1.807, 2.05) is 12.3 Å². The number of nitrogens with one attached hydrogen (secondary N) is 1. The lowest BCUT2D eigenvalue weighted by molar-refractivity contribution is 0.188. The van der Waals surface area contributed by atoms with Gasteiger partial charge < -0.3 is 10.1 Å². The average Bonchev–Trinajstić information content (AvgIpc) is 2.42. The molecule has 1 aromatic heterocycles. The maximum Gasteiger partial charge on any atom is 0.0462 e. The van der Waals surface area contributed by atoms with Gasteiger partial charge in [0.15, 0.2) is 0 Å². The summed E-state index contributed by atoms with van der Waals surface area (Å²) in [5.74, 6) is 0. The molecule has 1 N–H and O–H groups in total. The lowest BCUT2D eigenvalue weighted by Gasteiger charge is -2.18. The van der Waals surface area contributed by atoms with Crippen molar-refractivity contribution in [2.45, 2.75) is 45.1 Å². The van der Waals surface area contributed by atoms with Crippen LogP contribution in [0, 0.1) is 0 Å². The van der Waals surface area contributed by atoms with E-state index in [1.165, 1.54) is 18.5 Å². The standard InChI is InChI=1S/C15H26N2O/c1-3-11-16-15(8-6-13-18-2)10-9-14-7-4-5-12-17-14/h4-5,7,12,15-16H,3,6,8-11,13H2,1-2H3. The Morgan fingerprint density at radius 3 is 2.89 bits per heavy atom. The van der Waals surface area contributed by atoms with Crippen LogP contribution in [0.5, 0.6) is 0 Å². The molecular formula is C15H26N2O. The van der Waals surface area contributed by atoms with Crippen molar-refractivity contribution in [3.8, 4) is 0 Å². The van der Waals surface area contributed by atoms with Crippen LogP contribution >= 0.6 is 0 Å². The second kappa shape index (κ2) is 10.0. The Morgan fingerprint density at radius 1 is 1.33 bits per heavy atom. The van der Waals surface area contributed by atoms with Crippen molar-refractivity contribution in [3.63, 3.8) is 0 Å². The van der Waals surface area contributed by atoms with Gasteiger partial charge in [-0.05, 0) is 50.8 Å². The van der Waals surface area contributed by atoms with Crippen molar-refractivity contribution in [1.82, 2.24) is 10.3 Å². The molecule has 18 heavy (non-hydrogen) atoms. The maximum atomic E-state index is 5.12. The van der Waals surface area contributed by atoms with Crippen molar-refractivity contribution in [2.24, 2.45) is 0 Å². The van der Waals surface area contributed by atoms with Gasteiger partial charge >= 0.3 is 0 Å². The number of aryl methyl sites for hydroxylation is 1. The largest absolute Gasteiger partial charge is 0.385 e. The Labute approximate surface area is 111 Å². The second-order valence-corrected chi connectivity index (χ2v) is 4.65. The van der Waals surface area contributed by atoms with Crippen molar-refractivity contribution >= 4 is 0 Å². The lowest BCUT2D eigenvalue weighted by Crippen LogP contribution is -2.30. The fraction of sp³-hybridized carbons (Fsp3) is 0.667. The molecule has 1 atom stereocenters. The minimum absolute atomic E-state index is 0.585. The predicted octanol–water partition coefficient (Wildman–Crippen LogP) is 2.81. The van der Waals surface area contributed by atoms with Gasteiger partial charge in [-0.25, -0.2) is 0 Å². The summed E-state index contributed by atoms with van der Waals surface area (Å²) < 4.78 is 5.12. The molecule has 0 aromatic carbocycles. The third-order valence-electron chi connectivity index (χ3n) is 3.06. The van der Waals surface area contributed by atoms with E-state index < -0.39 is 0 Å². The third kappa shape index (κ3) is 6.72. The maximum absolute atomic E-state index is 5.12. The highest BCUT2D eigenvalue weighted by molar-refractivity contribution is 5.03. The van der Waals surface area contributed by atoms with Crippen LogP contribution in [-0.4, -0.2) is 31.3 Å². The molecule has 1 aromatic rings. The average molecular weight is 250 g/mol. The van der Waals surface area contributed by atoms with Gasteiger partial charge in [0.1, 0.15) is 0 Å². The van der Waals surface area contributed by atoms with Gasteiger partial charge in [-0.3, -0.25) is 4.98 Å². The number of methoxy groups -OCH3 is 1. The van der Waals surface area contributed by atoms with Gasteiger partial charge in [0, 0.05) is 31.6 Å². The van der Waals surface area contributed by atoms with Gasteiger partial charge in [-0.2, -0.15) is 0 Å². The molecule has 0 fully saturated rings. The van der Waals surface area contributed by atoms with Crippen LogP contribution in [0.15, 0.2) is 24.4 Å². The fourth-order valence-electron chi connectivity index (χ4n) is 2.04. The zero-order valence-electron chi connectivity index (χ0n) is 11.7. The highest BCUT2D eigenvalue weighted by Crippen LogP contribution is 2.07. The minimum Gasteiger partial charge on any atom is -0.385 e. The first-order valence-electron chi connectivity index (χ1n) is 6.99. The summed E-state index contributed by atoms with van der Waals surface area (Å²) in [5, 5.41) is 3.62. The normalized spacial score (nSPS) is 12.6. The van der Waals surface area contributed by atoms with Gasteiger partial charge in [0.05, 0.1) is 0 Å². The van der Waals surface area contributed by atoms with Crippen molar-refractivity contribution in [1.29, 1.82) is 0 Å². The molecule has 0 spiro atoms. The summed E-state index contributed by atoms with van der Waals surface area (Å²) in [6.45, 7) is 4.16. The molecule has 0 saturated heterocycles. The smallest absolute Gasteiger partial charge is 0.0462 e. The van der Waals surface area contributed by atoms with Gasteiger partial charge in [-0.15, -0.1) is 0 Å². The fourth-order valence-corrected chi connectivity index (χ4v) is 2.04. The zero-order valence-corrected chi connectivity index (χ0v) is 11.7. The molecule has 0 radical (unpaired) electrons. The van der Waals surface area contributed by atoms with Crippen LogP contribution in [0.1, 0.15) is 38.3 Å². The Balaban J connectivity index is 2.30. The summed E-state index contributed by atoms with van der Waals surface area (Å²) in [7, 11) is 1.77. The Hall–Kier alpha value is -0.930. The molecule has 0 amide bonds. The number of pyridine rings is 1. The predicted molar refractivity (Wildman–Crippen MR) is 75.7 cm³/mol. The molecule has 1 heterocycles. The van der Waals surface area contributed by atoms with Gasteiger partial charge in [-0.1, -0.05) is 13.0 Å². The van der Waals surface area contributed by atoms with Crippen LogP contribution < -0.4 is 5.32 Å². The summed E-state index contributed by atoms with van der Waals surface area (Å²) in [4.78, 5) is 4.37. The zero-order chi connectivity index (χ0) is 13.1. The van der Waals surface area contributed by atoms with E-state index in [9.17, 15) is 0 Å². The second-order valence-electron chi connectivity index (χ2n) is 4.65. The Kier molecular flexibility index (Phi) is 8.43. The molecular weight excluding hydrogens is 224 g/mol. The highest BCUT2D eigenvalue weighted by atomic mass is 16.5. The van der Waals surface area contributed by atoms with Crippen molar-refractivity contribution in [3.05, 3.63) is 30.1 Å². The summed E-state index contributed by atoms with van der Waals surface area (Å²) >= 11 is 0. The summed E-state index contributed by atoms with van der Waals surface area (Å²) in [6, 6.07) is 6.71. The molecule has 3 heteroatoms. The number of nitrogens with zero attached hydrogens (tertiary/aromatic N) is 1. The molecule has 0 saturated carbocycles. The number of aromatic nitrogens is 1. The van der Waals surface area contributed by atoms with Crippen LogP contribution in [0.3, 0.4) is 0 Å². The van der Waals surface area contributed by atoms with Crippen molar-refractivity contribution in [2.75, 3.05) is 20.3 Å². The number of ether oxygens (including phenoxy) is 1. The number of hydrogen-bond donors (Lipinski definition) is 1. The molecule has 102 valence electrons. The van der Waals surface area contributed by atoms with E-state index in [1.54, 1.807) is 7.11 Å². The molecule has 1 rings (SSSR count). The molecule has 3 nitrogen and oxygen atoms in total.